The summed E-state index contributed by atoms with van der Waals surface area (Å²) in [6, 6.07) is 11.9. The molecule has 1 aliphatic carbocycles. The molecule has 1 N–H and O–H groups in total. The number of nitrogens with zero attached hydrogens (tertiary/aromatic N) is 2. The van der Waals surface area contributed by atoms with Gasteiger partial charge in [0.05, 0.1) is 11.4 Å². The molecule has 1 fully saturated rings. The number of likely N-dealkylation sites (N-methyl/N-ethyl adjacent to an activating group) is 1. The van der Waals surface area contributed by atoms with Crippen molar-refractivity contribution in [2.45, 2.75) is 43.7 Å². The molecule has 32 heavy (non-hydrogen) atoms. The SMILES string of the molecule is CC1Cc2cc(S(=O)(=O)N(C)CC(=O)NCc3ccc(Cl)cc3)ccc2N1C(=O)C1CC1. The molecule has 1 unspecified atom stereocenters. The highest BCUT2D eigenvalue weighted by molar-refractivity contribution is 7.89. The molecule has 2 aromatic carbocycles. The number of halogens is 1. The van der Waals surface area contributed by atoms with E-state index >= 15 is 0 Å². The summed E-state index contributed by atoms with van der Waals surface area (Å²) in [4.78, 5) is 26.8. The van der Waals surface area contributed by atoms with Gasteiger partial charge in [-0.1, -0.05) is 23.7 Å². The van der Waals surface area contributed by atoms with Gasteiger partial charge >= 0.3 is 0 Å². The highest BCUT2D eigenvalue weighted by atomic mass is 35.5. The van der Waals surface area contributed by atoms with Gasteiger partial charge in [0.25, 0.3) is 0 Å². The zero-order valence-corrected chi connectivity index (χ0v) is 19.6. The summed E-state index contributed by atoms with van der Waals surface area (Å²) in [7, 11) is -2.47. The highest BCUT2D eigenvalue weighted by Gasteiger charge is 2.40. The lowest BCUT2D eigenvalue weighted by molar-refractivity contribution is -0.121. The Bertz CT molecular complexity index is 1150. The molecule has 7 nitrogen and oxygen atoms in total. The maximum absolute atomic E-state index is 13.0. The van der Waals surface area contributed by atoms with Crippen LogP contribution in [0.1, 0.15) is 30.9 Å². The van der Waals surface area contributed by atoms with Crippen LogP contribution in [0.2, 0.25) is 5.02 Å². The maximum atomic E-state index is 13.0. The van der Waals surface area contributed by atoms with Gasteiger partial charge < -0.3 is 10.2 Å². The molecule has 1 atom stereocenters. The minimum Gasteiger partial charge on any atom is -0.351 e. The van der Waals surface area contributed by atoms with E-state index in [4.69, 9.17) is 11.6 Å². The second kappa shape index (κ2) is 8.84. The van der Waals surface area contributed by atoms with Crippen molar-refractivity contribution in [3.05, 3.63) is 58.6 Å². The Morgan fingerprint density at radius 1 is 1.16 bits per heavy atom. The van der Waals surface area contributed by atoms with Crippen LogP contribution in [0.15, 0.2) is 47.4 Å². The highest BCUT2D eigenvalue weighted by Crippen LogP contribution is 2.39. The Morgan fingerprint density at radius 3 is 2.50 bits per heavy atom. The number of amides is 2. The van der Waals surface area contributed by atoms with E-state index in [2.05, 4.69) is 5.32 Å². The Kier molecular flexibility index (Phi) is 6.29. The summed E-state index contributed by atoms with van der Waals surface area (Å²) < 4.78 is 27.1. The van der Waals surface area contributed by atoms with Gasteiger partial charge in [-0.2, -0.15) is 4.31 Å². The largest absolute Gasteiger partial charge is 0.351 e. The first-order valence-electron chi connectivity index (χ1n) is 10.6. The molecule has 9 heteroatoms. The quantitative estimate of drug-likeness (QED) is 0.667. The zero-order valence-electron chi connectivity index (χ0n) is 18.0. The van der Waals surface area contributed by atoms with E-state index < -0.39 is 15.9 Å². The average Bonchev–Trinajstić information content (AvgIpc) is 3.54. The summed E-state index contributed by atoms with van der Waals surface area (Å²) in [5, 5.41) is 3.33. The van der Waals surface area contributed by atoms with E-state index in [1.54, 1.807) is 41.3 Å². The Hall–Kier alpha value is -2.42. The number of nitrogens with one attached hydrogen (secondary N) is 1. The van der Waals surface area contributed by atoms with Crippen molar-refractivity contribution >= 4 is 39.1 Å². The number of carbonyl (C=O) groups is 2. The van der Waals surface area contributed by atoms with Crippen molar-refractivity contribution in [2.24, 2.45) is 5.92 Å². The lowest BCUT2D eigenvalue weighted by Gasteiger charge is -2.23. The zero-order chi connectivity index (χ0) is 23.0. The fourth-order valence-corrected chi connectivity index (χ4v) is 5.26. The van der Waals surface area contributed by atoms with Gasteiger partial charge in [-0.15, -0.1) is 0 Å². The van der Waals surface area contributed by atoms with Crippen LogP contribution in [0.5, 0.6) is 0 Å². The molecular weight excluding hydrogens is 450 g/mol. The lowest BCUT2D eigenvalue weighted by atomic mass is 10.1. The first-order chi connectivity index (χ1) is 15.2. The molecule has 2 aromatic rings. The van der Waals surface area contributed by atoms with Crippen LogP contribution in [-0.4, -0.2) is 44.2 Å². The van der Waals surface area contributed by atoms with E-state index in [1.165, 1.54) is 13.1 Å². The van der Waals surface area contributed by atoms with E-state index in [9.17, 15) is 18.0 Å². The number of benzene rings is 2. The van der Waals surface area contributed by atoms with Crippen molar-refractivity contribution in [3.63, 3.8) is 0 Å². The van der Waals surface area contributed by atoms with Crippen LogP contribution < -0.4 is 10.2 Å². The van der Waals surface area contributed by atoms with Gasteiger partial charge in [-0.3, -0.25) is 9.59 Å². The van der Waals surface area contributed by atoms with Crippen LogP contribution in [0, 0.1) is 5.92 Å². The number of hydrogen-bond acceptors (Lipinski definition) is 4. The summed E-state index contributed by atoms with van der Waals surface area (Å²) in [5.74, 6) is -0.173. The first kappa shape index (κ1) is 22.8. The number of sulfonamides is 1. The topological polar surface area (TPSA) is 86.8 Å². The number of rotatable bonds is 7. The van der Waals surface area contributed by atoms with Gasteiger partial charge in [0, 0.05) is 36.3 Å². The van der Waals surface area contributed by atoms with E-state index in [0.29, 0.717) is 11.4 Å². The maximum Gasteiger partial charge on any atom is 0.243 e. The Morgan fingerprint density at radius 2 is 1.84 bits per heavy atom. The molecule has 0 saturated heterocycles. The molecule has 2 aliphatic rings. The van der Waals surface area contributed by atoms with Crippen LogP contribution in [0.4, 0.5) is 5.69 Å². The normalized spacial score (nSPS) is 18.0. The third kappa shape index (κ3) is 4.67. The van der Waals surface area contributed by atoms with Gasteiger partial charge in [-0.25, -0.2) is 8.42 Å². The van der Waals surface area contributed by atoms with Crippen LogP contribution in [-0.2, 0) is 32.6 Å². The molecule has 0 aromatic heterocycles. The van der Waals surface area contributed by atoms with E-state index in [1.807, 2.05) is 6.92 Å². The molecule has 0 bridgehead atoms. The van der Waals surface area contributed by atoms with Gasteiger partial charge in [0.2, 0.25) is 21.8 Å². The van der Waals surface area contributed by atoms with Crippen LogP contribution >= 0.6 is 11.6 Å². The fraction of sp³-hybridized carbons (Fsp3) is 0.391. The van der Waals surface area contributed by atoms with Crippen molar-refractivity contribution < 1.29 is 18.0 Å². The van der Waals surface area contributed by atoms with E-state index in [0.717, 1.165) is 34.0 Å². The molecule has 0 radical (unpaired) electrons. The summed E-state index contributed by atoms with van der Waals surface area (Å²) in [6.45, 7) is 1.97. The molecule has 2 amide bonds. The average molecular weight is 476 g/mol. The summed E-state index contributed by atoms with van der Waals surface area (Å²) in [6.07, 6.45) is 2.46. The lowest BCUT2D eigenvalue weighted by Crippen LogP contribution is -2.38. The van der Waals surface area contributed by atoms with Gasteiger partial charge in [0.15, 0.2) is 0 Å². The Balaban J connectivity index is 1.42. The molecule has 4 rings (SSSR count). The molecular formula is C23H26ClN3O4S. The van der Waals surface area contributed by atoms with Gasteiger partial charge in [0.1, 0.15) is 0 Å². The standard InChI is InChI=1S/C23H26ClN3O4S/c1-15-11-18-12-20(9-10-21(18)27(15)23(29)17-5-6-17)32(30,31)26(2)14-22(28)25-13-16-3-7-19(24)8-4-16/h3-4,7-10,12,15,17H,5-6,11,13-14H2,1-2H3,(H,25,28). The number of hydrogen-bond donors (Lipinski definition) is 1. The minimum absolute atomic E-state index is 0.00688. The van der Waals surface area contributed by atoms with Gasteiger partial charge in [-0.05, 0) is 67.6 Å². The molecule has 1 aliphatic heterocycles. The number of anilines is 1. The summed E-state index contributed by atoms with van der Waals surface area (Å²) in [5.41, 5.74) is 2.50. The fourth-order valence-electron chi connectivity index (χ4n) is 3.96. The van der Waals surface area contributed by atoms with Crippen LogP contribution in [0.3, 0.4) is 0 Å². The monoisotopic (exact) mass is 475 g/mol. The van der Waals surface area contributed by atoms with Crippen molar-refractivity contribution in [3.8, 4) is 0 Å². The minimum atomic E-state index is -3.85. The summed E-state index contributed by atoms with van der Waals surface area (Å²) >= 11 is 5.85. The second-order valence-corrected chi connectivity index (χ2v) is 11.0. The first-order valence-corrected chi connectivity index (χ1v) is 12.4. The molecule has 170 valence electrons. The predicted octanol–water partition coefficient (Wildman–Crippen LogP) is 2.96. The van der Waals surface area contributed by atoms with Crippen molar-refractivity contribution in [2.75, 3.05) is 18.5 Å². The molecule has 0 spiro atoms. The Labute approximate surface area is 193 Å². The van der Waals surface area contributed by atoms with E-state index in [-0.39, 0.29) is 35.9 Å². The molecule has 1 heterocycles. The number of fused-ring (bicyclic) bond motifs is 1. The third-order valence-corrected chi connectivity index (χ3v) is 7.96. The predicted molar refractivity (Wildman–Crippen MR) is 123 cm³/mol. The van der Waals surface area contributed by atoms with Crippen LogP contribution in [0.25, 0.3) is 0 Å². The third-order valence-electron chi connectivity index (χ3n) is 5.91. The second-order valence-electron chi connectivity index (χ2n) is 8.49. The van der Waals surface area contributed by atoms with Crippen molar-refractivity contribution in [1.29, 1.82) is 0 Å². The smallest absolute Gasteiger partial charge is 0.243 e. The van der Waals surface area contributed by atoms with Crippen molar-refractivity contribution in [1.82, 2.24) is 9.62 Å². The number of carbonyl (C=O) groups excluding carboxylic acids is 2. The molecule has 1 saturated carbocycles.